The Kier molecular flexibility index (Phi) is 5.87. The van der Waals surface area contributed by atoms with Gasteiger partial charge in [0, 0.05) is 11.4 Å². The number of anilines is 1. The zero-order chi connectivity index (χ0) is 22.7. The molecule has 1 N–H and O–H groups in total. The molecular weight excluding hydrogens is 426 g/mol. The van der Waals surface area contributed by atoms with Crippen LogP contribution in [0.4, 0.5) is 5.82 Å². The lowest BCUT2D eigenvalue weighted by Crippen LogP contribution is -2.23. The van der Waals surface area contributed by atoms with Crippen LogP contribution in [0, 0.1) is 25.2 Å². The number of carbonyl (C=O) groups excluding carboxylic acids is 2. The van der Waals surface area contributed by atoms with Gasteiger partial charge in [0.15, 0.2) is 12.4 Å². The van der Waals surface area contributed by atoms with E-state index in [0.717, 1.165) is 16.4 Å². The van der Waals surface area contributed by atoms with Crippen LogP contribution >= 0.6 is 11.3 Å². The summed E-state index contributed by atoms with van der Waals surface area (Å²) in [5, 5.41) is 18.7. The van der Waals surface area contributed by atoms with E-state index in [0.29, 0.717) is 11.3 Å². The Balaban J connectivity index is 1.48. The van der Waals surface area contributed by atoms with Gasteiger partial charge in [0.25, 0.3) is 5.91 Å². The number of nitrogens with one attached hydrogen (secondary N) is 1. The molecule has 9 heteroatoms. The number of amides is 1. The van der Waals surface area contributed by atoms with Gasteiger partial charge in [-0.15, -0.1) is 11.3 Å². The summed E-state index contributed by atoms with van der Waals surface area (Å²) < 4.78 is 8.69. The van der Waals surface area contributed by atoms with Gasteiger partial charge >= 0.3 is 5.97 Å². The number of hydrogen-bond donors (Lipinski definition) is 1. The Hall–Kier alpha value is -4.16. The van der Waals surface area contributed by atoms with Crippen LogP contribution in [0.2, 0.25) is 0 Å². The Morgan fingerprint density at radius 2 is 1.84 bits per heavy atom. The number of ether oxygens (including phenoxy) is 1. The normalized spacial score (nSPS) is 10.5. The molecule has 8 nitrogen and oxygen atoms in total. The van der Waals surface area contributed by atoms with Gasteiger partial charge in [-0.3, -0.25) is 4.79 Å². The van der Waals surface area contributed by atoms with Crippen LogP contribution in [0.15, 0.2) is 60.1 Å². The van der Waals surface area contributed by atoms with Crippen molar-refractivity contribution in [1.82, 2.24) is 14.3 Å². The fourth-order valence-electron chi connectivity index (χ4n) is 3.31. The number of thiophene rings is 1. The highest BCUT2D eigenvalue weighted by Gasteiger charge is 2.20. The molecule has 0 radical (unpaired) electrons. The van der Waals surface area contributed by atoms with E-state index in [2.05, 4.69) is 10.4 Å². The van der Waals surface area contributed by atoms with Gasteiger partial charge in [-0.05, 0) is 49.6 Å². The average molecular weight is 446 g/mol. The first-order valence-electron chi connectivity index (χ1n) is 9.73. The zero-order valence-electron chi connectivity index (χ0n) is 17.4. The smallest absolute Gasteiger partial charge is 0.341 e. The molecule has 32 heavy (non-hydrogen) atoms. The van der Waals surface area contributed by atoms with E-state index < -0.39 is 18.5 Å². The summed E-state index contributed by atoms with van der Waals surface area (Å²) in [6.07, 6.45) is 1.37. The van der Waals surface area contributed by atoms with Crippen molar-refractivity contribution in [2.24, 2.45) is 0 Å². The molecule has 0 aliphatic carbocycles. The summed E-state index contributed by atoms with van der Waals surface area (Å²) in [4.78, 5) is 25.2. The zero-order valence-corrected chi connectivity index (χ0v) is 18.2. The molecule has 0 spiro atoms. The molecule has 1 amide bonds. The van der Waals surface area contributed by atoms with Gasteiger partial charge < -0.3 is 14.6 Å². The van der Waals surface area contributed by atoms with Crippen LogP contribution in [0.5, 0.6) is 0 Å². The quantitative estimate of drug-likeness (QED) is 0.452. The summed E-state index contributed by atoms with van der Waals surface area (Å²) in [6.45, 7) is 3.42. The Bertz CT molecular complexity index is 1310. The van der Waals surface area contributed by atoms with Crippen molar-refractivity contribution in [2.75, 3.05) is 11.9 Å². The van der Waals surface area contributed by atoms with E-state index in [1.165, 1.54) is 22.2 Å². The number of carbonyl (C=O) groups is 2. The van der Waals surface area contributed by atoms with Gasteiger partial charge in [-0.25, -0.2) is 9.48 Å². The second-order valence-corrected chi connectivity index (χ2v) is 7.88. The lowest BCUT2D eigenvalue weighted by Gasteiger charge is -2.11. The predicted octanol–water partition coefficient (Wildman–Crippen LogP) is 4.01. The lowest BCUT2D eigenvalue weighted by atomic mass is 10.3. The number of para-hydroxylation sites is 1. The summed E-state index contributed by atoms with van der Waals surface area (Å²) >= 11 is 1.42. The van der Waals surface area contributed by atoms with Gasteiger partial charge in [0.1, 0.15) is 16.6 Å². The minimum Gasteiger partial charge on any atom is -0.452 e. The molecule has 0 unspecified atom stereocenters. The van der Waals surface area contributed by atoms with Crippen LogP contribution in [-0.2, 0) is 9.53 Å². The summed E-state index contributed by atoms with van der Waals surface area (Å²) in [6, 6.07) is 16.7. The minimum absolute atomic E-state index is 0.201. The van der Waals surface area contributed by atoms with Crippen LogP contribution in [0.25, 0.3) is 10.7 Å². The summed E-state index contributed by atoms with van der Waals surface area (Å²) in [5.74, 6) is -0.951. The SMILES string of the molecule is Cc1ccc(C)n1-c1sccc1C(=O)OCC(=O)Nc1c(C#N)cnn1-c1ccccc1. The van der Waals surface area contributed by atoms with Crippen LogP contribution in [0.3, 0.4) is 0 Å². The van der Waals surface area contributed by atoms with E-state index in [4.69, 9.17) is 4.74 Å². The third-order valence-electron chi connectivity index (χ3n) is 4.82. The largest absolute Gasteiger partial charge is 0.452 e. The number of benzene rings is 1. The lowest BCUT2D eigenvalue weighted by molar-refractivity contribution is -0.119. The van der Waals surface area contributed by atoms with Gasteiger partial charge in [0.2, 0.25) is 0 Å². The number of nitriles is 1. The number of hydrogen-bond acceptors (Lipinski definition) is 6. The van der Waals surface area contributed by atoms with Crippen molar-refractivity contribution < 1.29 is 14.3 Å². The van der Waals surface area contributed by atoms with E-state index in [-0.39, 0.29) is 11.4 Å². The minimum atomic E-state index is -0.596. The number of aromatic nitrogens is 3. The second-order valence-electron chi connectivity index (χ2n) is 6.98. The maximum absolute atomic E-state index is 12.7. The van der Waals surface area contributed by atoms with Crippen molar-refractivity contribution in [2.45, 2.75) is 13.8 Å². The monoisotopic (exact) mass is 445 g/mol. The number of aryl methyl sites for hydroxylation is 2. The third kappa shape index (κ3) is 4.04. The Morgan fingerprint density at radius 3 is 2.53 bits per heavy atom. The number of nitrogens with zero attached hydrogens (tertiary/aromatic N) is 4. The molecule has 3 aromatic heterocycles. The van der Waals surface area contributed by atoms with Crippen LogP contribution in [0.1, 0.15) is 27.3 Å². The highest BCUT2D eigenvalue weighted by Crippen LogP contribution is 2.26. The fraction of sp³-hybridized carbons (Fsp3) is 0.130. The van der Waals surface area contributed by atoms with Crippen LogP contribution in [-0.4, -0.2) is 32.8 Å². The molecule has 0 saturated heterocycles. The molecule has 0 fully saturated rings. The molecule has 0 atom stereocenters. The first-order chi connectivity index (χ1) is 15.5. The van der Waals surface area contributed by atoms with E-state index in [1.807, 2.05) is 60.2 Å². The predicted molar refractivity (Wildman–Crippen MR) is 120 cm³/mol. The molecule has 1 aromatic carbocycles. The molecule has 0 aliphatic heterocycles. The van der Waals surface area contributed by atoms with Crippen molar-refractivity contribution in [1.29, 1.82) is 5.26 Å². The molecule has 0 bridgehead atoms. The third-order valence-corrected chi connectivity index (χ3v) is 5.72. The molecule has 4 rings (SSSR count). The molecule has 0 aliphatic rings. The summed E-state index contributed by atoms with van der Waals surface area (Å²) in [7, 11) is 0. The van der Waals surface area contributed by atoms with E-state index >= 15 is 0 Å². The Labute approximate surface area is 188 Å². The van der Waals surface area contributed by atoms with Crippen molar-refractivity contribution in [3.63, 3.8) is 0 Å². The standard InChI is InChI=1S/C23H19N5O3S/c1-15-8-9-16(2)27(15)22-19(10-11-32-22)23(30)31-14-20(29)26-21-17(12-24)13-25-28(21)18-6-4-3-5-7-18/h3-11,13H,14H2,1-2H3,(H,26,29). The highest BCUT2D eigenvalue weighted by atomic mass is 32.1. The molecule has 160 valence electrons. The first-order valence-corrected chi connectivity index (χ1v) is 10.6. The molecule has 0 saturated carbocycles. The fourth-order valence-corrected chi connectivity index (χ4v) is 4.32. The van der Waals surface area contributed by atoms with E-state index in [1.54, 1.807) is 18.2 Å². The maximum Gasteiger partial charge on any atom is 0.341 e. The van der Waals surface area contributed by atoms with Crippen molar-refractivity contribution in [3.05, 3.63) is 82.6 Å². The molecule has 4 aromatic rings. The highest BCUT2D eigenvalue weighted by molar-refractivity contribution is 7.13. The van der Waals surface area contributed by atoms with Gasteiger partial charge in [0.05, 0.1) is 17.4 Å². The second kappa shape index (κ2) is 8.91. The van der Waals surface area contributed by atoms with Crippen LogP contribution < -0.4 is 5.32 Å². The van der Waals surface area contributed by atoms with Crippen molar-refractivity contribution in [3.8, 4) is 16.8 Å². The van der Waals surface area contributed by atoms with Gasteiger partial charge in [-0.1, -0.05) is 18.2 Å². The Morgan fingerprint density at radius 1 is 1.12 bits per heavy atom. The van der Waals surface area contributed by atoms with E-state index in [9.17, 15) is 14.9 Å². The van der Waals surface area contributed by atoms with Crippen molar-refractivity contribution >= 4 is 29.0 Å². The summed E-state index contributed by atoms with van der Waals surface area (Å²) in [5.41, 5.74) is 3.26. The average Bonchev–Trinajstić information content (AvgIpc) is 3.51. The number of rotatable bonds is 6. The van der Waals surface area contributed by atoms with Gasteiger partial charge in [-0.2, -0.15) is 10.4 Å². The molecule has 3 heterocycles. The topological polar surface area (TPSA) is 102 Å². The maximum atomic E-state index is 12.7. The number of esters is 1. The molecular formula is C23H19N5O3S. The first kappa shape index (κ1) is 21.1.